The average molecular weight is 479 g/mol. The molecule has 0 amide bonds. The fourth-order valence-electron chi connectivity index (χ4n) is 4.61. The monoisotopic (exact) mass is 478 g/mol. The number of rotatable bonds is 13. The summed E-state index contributed by atoms with van der Waals surface area (Å²) in [5, 5.41) is 0. The van der Waals surface area contributed by atoms with E-state index < -0.39 is 0 Å². The Morgan fingerprint density at radius 2 is 0.750 bits per heavy atom. The summed E-state index contributed by atoms with van der Waals surface area (Å²) < 4.78 is 0. The molecule has 0 fully saturated rings. The van der Waals surface area contributed by atoms with Gasteiger partial charge in [0.05, 0.1) is 22.8 Å². The van der Waals surface area contributed by atoms with Gasteiger partial charge in [-0.1, -0.05) is 38.5 Å². The minimum Gasteiger partial charge on any atom is -0.255 e. The molecular formula is C32H38N4. The standard InChI is InChI=1S/C32H38N4/c1-25-13-17-33-29(21-25)31-23-27(15-19-35-31)11-9-7-5-3-4-6-8-10-12-28-16-20-36-32(24-28)30-22-26(2)14-18-34-30/h13-24H,3-12H2,1-2H3. The summed E-state index contributed by atoms with van der Waals surface area (Å²) in [6, 6.07) is 16.9. The summed E-state index contributed by atoms with van der Waals surface area (Å²) in [6.07, 6.45) is 20.2. The smallest absolute Gasteiger partial charge is 0.0888 e. The van der Waals surface area contributed by atoms with Crippen LogP contribution in [0, 0.1) is 13.8 Å². The van der Waals surface area contributed by atoms with E-state index in [1.54, 1.807) is 0 Å². The maximum atomic E-state index is 4.52. The van der Waals surface area contributed by atoms with Crippen LogP contribution in [0.15, 0.2) is 73.3 Å². The van der Waals surface area contributed by atoms with Crippen LogP contribution < -0.4 is 0 Å². The highest BCUT2D eigenvalue weighted by Crippen LogP contribution is 2.20. The minimum absolute atomic E-state index is 0.963. The molecule has 0 spiro atoms. The Morgan fingerprint density at radius 3 is 1.14 bits per heavy atom. The molecule has 4 aromatic rings. The van der Waals surface area contributed by atoms with Crippen LogP contribution in [0.4, 0.5) is 0 Å². The van der Waals surface area contributed by atoms with Crippen LogP contribution in [-0.4, -0.2) is 19.9 Å². The summed E-state index contributed by atoms with van der Waals surface area (Å²) in [4.78, 5) is 18.0. The van der Waals surface area contributed by atoms with Crippen molar-refractivity contribution in [3.63, 3.8) is 0 Å². The molecule has 4 nitrogen and oxygen atoms in total. The molecule has 186 valence electrons. The quantitative estimate of drug-likeness (QED) is 0.182. The highest BCUT2D eigenvalue weighted by molar-refractivity contribution is 5.56. The van der Waals surface area contributed by atoms with Gasteiger partial charge in [-0.15, -0.1) is 0 Å². The molecule has 0 aliphatic heterocycles. The van der Waals surface area contributed by atoms with Crippen LogP contribution in [0.5, 0.6) is 0 Å². The zero-order valence-electron chi connectivity index (χ0n) is 21.8. The van der Waals surface area contributed by atoms with Gasteiger partial charge in [-0.2, -0.15) is 0 Å². The molecule has 0 saturated heterocycles. The lowest BCUT2D eigenvalue weighted by Crippen LogP contribution is -1.92. The van der Waals surface area contributed by atoms with Gasteiger partial charge in [0.1, 0.15) is 0 Å². The van der Waals surface area contributed by atoms with E-state index in [-0.39, 0.29) is 0 Å². The molecule has 0 aromatic carbocycles. The summed E-state index contributed by atoms with van der Waals surface area (Å²) in [5.74, 6) is 0. The maximum absolute atomic E-state index is 4.52. The molecule has 0 bridgehead atoms. The Hall–Kier alpha value is -3.40. The second-order valence-electron chi connectivity index (χ2n) is 9.86. The van der Waals surface area contributed by atoms with E-state index in [4.69, 9.17) is 0 Å². The van der Waals surface area contributed by atoms with Crippen LogP contribution in [-0.2, 0) is 12.8 Å². The predicted octanol–water partition coefficient (Wildman–Crippen LogP) is 8.12. The van der Waals surface area contributed by atoms with E-state index in [9.17, 15) is 0 Å². The van der Waals surface area contributed by atoms with Crippen LogP contribution in [0.25, 0.3) is 22.8 Å². The minimum atomic E-state index is 0.963. The van der Waals surface area contributed by atoms with Gasteiger partial charge in [0.15, 0.2) is 0 Å². The highest BCUT2D eigenvalue weighted by Gasteiger charge is 2.04. The van der Waals surface area contributed by atoms with Crippen molar-refractivity contribution in [1.29, 1.82) is 0 Å². The zero-order chi connectivity index (χ0) is 25.0. The number of aromatic nitrogens is 4. The van der Waals surface area contributed by atoms with E-state index in [1.807, 2.05) is 36.9 Å². The number of hydrogen-bond acceptors (Lipinski definition) is 4. The van der Waals surface area contributed by atoms with Crippen LogP contribution in [0.2, 0.25) is 0 Å². The third-order valence-corrected chi connectivity index (χ3v) is 6.69. The molecule has 4 aromatic heterocycles. The second kappa shape index (κ2) is 13.6. The second-order valence-corrected chi connectivity index (χ2v) is 9.86. The van der Waals surface area contributed by atoms with Crippen LogP contribution >= 0.6 is 0 Å². The van der Waals surface area contributed by atoms with Crippen molar-refractivity contribution in [2.24, 2.45) is 0 Å². The fraction of sp³-hybridized carbons (Fsp3) is 0.375. The fourth-order valence-corrected chi connectivity index (χ4v) is 4.61. The van der Waals surface area contributed by atoms with Gasteiger partial charge in [0.25, 0.3) is 0 Å². The lowest BCUT2D eigenvalue weighted by Gasteiger charge is -2.06. The Bertz CT molecular complexity index is 1140. The van der Waals surface area contributed by atoms with Gasteiger partial charge in [0, 0.05) is 24.8 Å². The molecule has 4 heterocycles. The number of unbranched alkanes of at least 4 members (excludes halogenated alkanes) is 7. The van der Waals surface area contributed by atoms with Gasteiger partial charge < -0.3 is 0 Å². The van der Waals surface area contributed by atoms with E-state index in [2.05, 4.69) is 70.2 Å². The number of hydrogen-bond donors (Lipinski definition) is 0. The summed E-state index contributed by atoms with van der Waals surface area (Å²) in [7, 11) is 0. The Labute approximate surface area is 216 Å². The van der Waals surface area contributed by atoms with Crippen molar-refractivity contribution >= 4 is 0 Å². The molecule has 0 N–H and O–H groups in total. The zero-order valence-corrected chi connectivity index (χ0v) is 21.8. The first-order valence-electron chi connectivity index (χ1n) is 13.4. The highest BCUT2D eigenvalue weighted by atomic mass is 14.8. The first kappa shape index (κ1) is 25.7. The molecule has 0 aliphatic rings. The first-order valence-corrected chi connectivity index (χ1v) is 13.4. The van der Waals surface area contributed by atoms with Crippen molar-refractivity contribution in [2.75, 3.05) is 0 Å². The van der Waals surface area contributed by atoms with E-state index in [0.717, 1.165) is 35.6 Å². The molecule has 0 saturated carbocycles. The summed E-state index contributed by atoms with van der Waals surface area (Å²) in [5.41, 5.74) is 9.04. The van der Waals surface area contributed by atoms with Gasteiger partial charge >= 0.3 is 0 Å². The van der Waals surface area contributed by atoms with Crippen LogP contribution in [0.3, 0.4) is 0 Å². The maximum Gasteiger partial charge on any atom is 0.0888 e. The third-order valence-electron chi connectivity index (χ3n) is 6.69. The molecule has 0 atom stereocenters. The summed E-state index contributed by atoms with van der Waals surface area (Å²) in [6.45, 7) is 4.19. The SMILES string of the molecule is Cc1ccnc(-c2cc(CCCCCCCCCCc3ccnc(-c4cc(C)ccn4)c3)ccn2)c1. The Kier molecular flexibility index (Phi) is 9.72. The van der Waals surface area contributed by atoms with Crippen molar-refractivity contribution in [3.8, 4) is 22.8 Å². The Morgan fingerprint density at radius 1 is 0.417 bits per heavy atom. The Balaban J connectivity index is 1.07. The normalized spacial score (nSPS) is 11.1. The third kappa shape index (κ3) is 8.08. The molecule has 0 aliphatic carbocycles. The van der Waals surface area contributed by atoms with Crippen LogP contribution in [0.1, 0.15) is 73.6 Å². The number of aryl methyl sites for hydroxylation is 4. The van der Waals surface area contributed by atoms with Crippen molar-refractivity contribution < 1.29 is 0 Å². The molecule has 36 heavy (non-hydrogen) atoms. The molecule has 0 unspecified atom stereocenters. The predicted molar refractivity (Wildman–Crippen MR) is 149 cm³/mol. The van der Waals surface area contributed by atoms with E-state index >= 15 is 0 Å². The van der Waals surface area contributed by atoms with Gasteiger partial charge in [0.2, 0.25) is 0 Å². The van der Waals surface area contributed by atoms with Crippen molar-refractivity contribution in [2.45, 2.75) is 78.1 Å². The van der Waals surface area contributed by atoms with Gasteiger partial charge in [-0.3, -0.25) is 19.9 Å². The molecule has 4 rings (SSSR count). The summed E-state index contributed by atoms with van der Waals surface area (Å²) >= 11 is 0. The molecule has 4 heteroatoms. The average Bonchev–Trinajstić information content (AvgIpc) is 2.90. The first-order chi connectivity index (χ1) is 17.7. The van der Waals surface area contributed by atoms with E-state index in [1.165, 1.54) is 73.6 Å². The largest absolute Gasteiger partial charge is 0.255 e. The van der Waals surface area contributed by atoms with E-state index in [0.29, 0.717) is 0 Å². The number of nitrogens with zero attached hydrogens (tertiary/aromatic N) is 4. The van der Waals surface area contributed by atoms with Crippen molar-refractivity contribution in [3.05, 3.63) is 95.6 Å². The lowest BCUT2D eigenvalue weighted by molar-refractivity contribution is 0.567. The topological polar surface area (TPSA) is 51.6 Å². The molecular weight excluding hydrogens is 440 g/mol. The van der Waals surface area contributed by atoms with Crippen molar-refractivity contribution in [1.82, 2.24) is 19.9 Å². The van der Waals surface area contributed by atoms with Gasteiger partial charge in [-0.05, 0) is 110 Å². The number of pyridine rings is 4. The lowest BCUT2D eigenvalue weighted by atomic mass is 10.0. The molecule has 0 radical (unpaired) electrons. The van der Waals surface area contributed by atoms with Gasteiger partial charge in [-0.25, -0.2) is 0 Å².